The lowest BCUT2D eigenvalue weighted by Gasteiger charge is -2.34. The minimum absolute atomic E-state index is 0.585. The van der Waals surface area contributed by atoms with Crippen LogP contribution in [0.25, 0.3) is 22.5 Å². The number of tetrazole rings is 1. The van der Waals surface area contributed by atoms with Crippen molar-refractivity contribution in [2.45, 2.75) is 25.4 Å². The zero-order valence-corrected chi connectivity index (χ0v) is 23.2. The maximum atomic E-state index is 5.12. The average Bonchev–Trinajstić information content (AvgIpc) is 3.54. The van der Waals surface area contributed by atoms with Gasteiger partial charge in [0.05, 0.1) is 0 Å². The van der Waals surface area contributed by atoms with Gasteiger partial charge in [-0.2, -0.15) is 0 Å². The van der Waals surface area contributed by atoms with Gasteiger partial charge < -0.3 is 5.32 Å². The summed E-state index contributed by atoms with van der Waals surface area (Å²) < 4.78 is 0. The molecule has 6 rings (SSSR count). The van der Waals surface area contributed by atoms with Crippen molar-refractivity contribution in [1.82, 2.24) is 25.5 Å². The second-order valence-corrected chi connectivity index (χ2v) is 10.1. The average molecular weight is 536 g/mol. The summed E-state index contributed by atoms with van der Waals surface area (Å²) in [4.78, 5) is 1.78. The molecule has 5 nitrogen and oxygen atoms in total. The first-order valence-electron chi connectivity index (χ1n) is 14.2. The Balaban J connectivity index is 1.48. The number of hydrogen-bond donors (Lipinski definition) is 1. The molecule has 0 aliphatic carbocycles. The first kappa shape index (κ1) is 26.4. The zero-order valence-electron chi connectivity index (χ0n) is 23.2. The molecule has 0 amide bonds. The third kappa shape index (κ3) is 5.20. The molecule has 0 atom stereocenters. The summed E-state index contributed by atoms with van der Waals surface area (Å²) in [5, 5.41) is 18.0. The smallest absolute Gasteiger partial charge is 0.205 e. The molecule has 0 unspecified atom stereocenters. The Morgan fingerprint density at radius 2 is 1.12 bits per heavy atom. The lowest BCUT2D eigenvalue weighted by Crippen LogP contribution is -2.39. The van der Waals surface area contributed by atoms with Gasteiger partial charge in [0.2, 0.25) is 5.82 Å². The van der Waals surface area contributed by atoms with E-state index in [2.05, 4.69) is 133 Å². The van der Waals surface area contributed by atoms with Crippen molar-refractivity contribution in [2.75, 3.05) is 6.54 Å². The number of nitrogens with one attached hydrogen (secondary N) is 1. The number of benzene rings is 5. The van der Waals surface area contributed by atoms with E-state index in [1.165, 1.54) is 5.56 Å². The molecule has 41 heavy (non-hydrogen) atoms. The first-order chi connectivity index (χ1) is 20.3. The third-order valence-corrected chi connectivity index (χ3v) is 7.48. The Morgan fingerprint density at radius 1 is 0.610 bits per heavy atom. The van der Waals surface area contributed by atoms with Gasteiger partial charge in [0.1, 0.15) is 0 Å². The molecule has 0 spiro atoms. The van der Waals surface area contributed by atoms with Crippen molar-refractivity contribution in [1.29, 1.82) is 0 Å². The number of nitrogens with zero attached hydrogens (tertiary/aromatic N) is 4. The quantitative estimate of drug-likeness (QED) is 0.147. The number of hydrogen-bond acceptors (Lipinski definition) is 4. The third-order valence-electron chi connectivity index (χ3n) is 7.48. The standard InChI is InChI=1S/C36H33N5/c1-2-26-37-27-28-22-24-29(25-23-28)33-20-12-13-21-34(33)35-38-40-41(39-35)36(30-14-6-3-7-15-30,31-16-8-4-9-17-31)32-18-10-5-11-19-32/h3-25,37H,2,26-27H2,1H3. The maximum absolute atomic E-state index is 5.12. The summed E-state index contributed by atoms with van der Waals surface area (Å²) in [7, 11) is 0. The Hall–Kier alpha value is -4.87. The molecule has 1 N–H and O–H groups in total. The van der Waals surface area contributed by atoms with Gasteiger partial charge in [-0.1, -0.05) is 146 Å². The fourth-order valence-corrected chi connectivity index (χ4v) is 5.49. The van der Waals surface area contributed by atoms with Crippen molar-refractivity contribution in [2.24, 2.45) is 0 Å². The van der Waals surface area contributed by atoms with Crippen molar-refractivity contribution in [3.05, 3.63) is 162 Å². The Morgan fingerprint density at radius 3 is 1.66 bits per heavy atom. The van der Waals surface area contributed by atoms with Crippen LogP contribution in [0.4, 0.5) is 0 Å². The van der Waals surface area contributed by atoms with Gasteiger partial charge in [0, 0.05) is 12.1 Å². The van der Waals surface area contributed by atoms with Gasteiger partial charge in [0.15, 0.2) is 5.54 Å². The fourth-order valence-electron chi connectivity index (χ4n) is 5.49. The normalized spacial score (nSPS) is 11.4. The number of aromatic nitrogens is 4. The Kier molecular flexibility index (Phi) is 7.79. The van der Waals surface area contributed by atoms with E-state index in [9.17, 15) is 0 Å². The van der Waals surface area contributed by atoms with Crippen LogP contribution in [0.15, 0.2) is 140 Å². The SMILES string of the molecule is CCCNCc1ccc(-c2ccccc2-c2nnn(C(c3ccccc3)(c3ccccc3)c3ccccc3)n2)cc1. The monoisotopic (exact) mass is 535 g/mol. The molecule has 5 heteroatoms. The van der Waals surface area contributed by atoms with Crippen LogP contribution in [0.1, 0.15) is 35.6 Å². The van der Waals surface area contributed by atoms with Gasteiger partial charge in [-0.25, -0.2) is 0 Å². The topological polar surface area (TPSA) is 55.6 Å². The molecule has 0 fully saturated rings. The summed E-state index contributed by atoms with van der Waals surface area (Å²) in [5.74, 6) is 0.585. The van der Waals surface area contributed by atoms with Crippen LogP contribution in [0.2, 0.25) is 0 Å². The first-order valence-corrected chi connectivity index (χ1v) is 14.2. The molecule has 6 aromatic rings. The van der Waals surface area contributed by atoms with Crippen LogP contribution in [0.3, 0.4) is 0 Å². The lowest BCUT2D eigenvalue weighted by atomic mass is 9.77. The zero-order chi connectivity index (χ0) is 27.9. The van der Waals surface area contributed by atoms with Gasteiger partial charge in [0.25, 0.3) is 0 Å². The highest BCUT2D eigenvalue weighted by Gasteiger charge is 2.41. The highest BCUT2D eigenvalue weighted by Crippen LogP contribution is 2.40. The molecular formula is C36H33N5. The van der Waals surface area contributed by atoms with Crippen LogP contribution in [-0.2, 0) is 12.1 Å². The highest BCUT2D eigenvalue weighted by atomic mass is 15.6. The van der Waals surface area contributed by atoms with Crippen molar-refractivity contribution >= 4 is 0 Å². The second kappa shape index (κ2) is 12.1. The second-order valence-electron chi connectivity index (χ2n) is 10.1. The van der Waals surface area contributed by atoms with Crippen LogP contribution in [0, 0.1) is 0 Å². The molecule has 5 aromatic carbocycles. The molecule has 0 bridgehead atoms. The van der Waals surface area contributed by atoms with Gasteiger partial charge in [-0.15, -0.1) is 15.0 Å². The van der Waals surface area contributed by atoms with Crippen LogP contribution < -0.4 is 5.32 Å². The van der Waals surface area contributed by atoms with E-state index >= 15 is 0 Å². The predicted molar refractivity (Wildman–Crippen MR) is 165 cm³/mol. The summed E-state index contributed by atoms with van der Waals surface area (Å²) in [5.41, 5.74) is 6.77. The van der Waals surface area contributed by atoms with Crippen LogP contribution >= 0.6 is 0 Å². The van der Waals surface area contributed by atoms with Gasteiger partial charge in [-0.05, 0) is 51.6 Å². The van der Waals surface area contributed by atoms with E-state index in [1.807, 2.05) is 24.3 Å². The Labute approximate surface area is 241 Å². The predicted octanol–water partition coefficient (Wildman–Crippen LogP) is 7.35. The molecular weight excluding hydrogens is 502 g/mol. The molecule has 0 aliphatic rings. The lowest BCUT2D eigenvalue weighted by molar-refractivity contribution is 0.396. The van der Waals surface area contributed by atoms with E-state index in [0.717, 1.165) is 52.9 Å². The summed E-state index contributed by atoms with van der Waals surface area (Å²) in [6, 6.07) is 48.3. The largest absolute Gasteiger partial charge is 0.313 e. The summed E-state index contributed by atoms with van der Waals surface area (Å²) >= 11 is 0. The van der Waals surface area contributed by atoms with E-state index in [1.54, 1.807) is 4.80 Å². The molecule has 202 valence electrons. The minimum atomic E-state index is -0.808. The van der Waals surface area contributed by atoms with Crippen molar-refractivity contribution in [3.8, 4) is 22.5 Å². The maximum Gasteiger partial charge on any atom is 0.205 e. The summed E-state index contributed by atoms with van der Waals surface area (Å²) in [6.45, 7) is 4.06. The molecule has 1 heterocycles. The van der Waals surface area contributed by atoms with Gasteiger partial charge in [-0.3, -0.25) is 0 Å². The van der Waals surface area contributed by atoms with E-state index in [4.69, 9.17) is 10.3 Å². The fraction of sp³-hybridized carbons (Fsp3) is 0.139. The van der Waals surface area contributed by atoms with Crippen molar-refractivity contribution < 1.29 is 0 Å². The molecule has 0 saturated heterocycles. The van der Waals surface area contributed by atoms with Gasteiger partial charge >= 0.3 is 0 Å². The summed E-state index contributed by atoms with van der Waals surface area (Å²) in [6.07, 6.45) is 1.12. The highest BCUT2D eigenvalue weighted by molar-refractivity contribution is 5.80. The number of rotatable bonds is 10. The molecule has 1 aromatic heterocycles. The van der Waals surface area contributed by atoms with Crippen LogP contribution in [0.5, 0.6) is 0 Å². The van der Waals surface area contributed by atoms with E-state index in [-0.39, 0.29) is 0 Å². The van der Waals surface area contributed by atoms with Crippen LogP contribution in [-0.4, -0.2) is 26.8 Å². The Bertz CT molecular complexity index is 1580. The molecule has 0 aliphatic heterocycles. The van der Waals surface area contributed by atoms with E-state index < -0.39 is 5.54 Å². The van der Waals surface area contributed by atoms with E-state index in [0.29, 0.717) is 5.82 Å². The minimum Gasteiger partial charge on any atom is -0.313 e. The molecule has 0 saturated carbocycles. The molecule has 0 radical (unpaired) electrons. The van der Waals surface area contributed by atoms with Crippen molar-refractivity contribution in [3.63, 3.8) is 0 Å².